The van der Waals surface area contributed by atoms with Crippen molar-refractivity contribution in [1.29, 1.82) is 0 Å². The summed E-state index contributed by atoms with van der Waals surface area (Å²) in [4.78, 5) is 3.31. The molecule has 0 fully saturated rings. The molecular weight excluding hydrogens is 413 g/mol. The van der Waals surface area contributed by atoms with Gasteiger partial charge in [0.05, 0.1) is 10.7 Å². The van der Waals surface area contributed by atoms with Gasteiger partial charge >= 0.3 is 0 Å². The van der Waals surface area contributed by atoms with Crippen LogP contribution in [-0.4, -0.2) is 39.1 Å². The number of sulfonamides is 1. The molecule has 150 valence electrons. The summed E-state index contributed by atoms with van der Waals surface area (Å²) in [5.74, 6) is -0.885. The number of aromatic nitrogens is 1. The number of anilines is 2. The first-order chi connectivity index (χ1) is 12.8. The Morgan fingerprint density at radius 1 is 1.33 bits per heavy atom. The van der Waals surface area contributed by atoms with Crippen LogP contribution >= 0.6 is 22.9 Å². The highest BCUT2D eigenvalue weighted by Gasteiger charge is 2.22. The minimum absolute atomic E-state index is 0.116. The maximum Gasteiger partial charge on any atom is 0.266 e. The second-order valence-corrected chi connectivity index (χ2v) is 8.97. The van der Waals surface area contributed by atoms with E-state index >= 15 is 0 Å². The lowest BCUT2D eigenvalue weighted by Crippen LogP contribution is -2.31. The number of benzene rings is 1. The van der Waals surface area contributed by atoms with Gasteiger partial charge < -0.3 is 16.4 Å². The van der Waals surface area contributed by atoms with Crippen LogP contribution in [0, 0.1) is 5.82 Å². The van der Waals surface area contributed by atoms with Crippen LogP contribution in [0.5, 0.6) is 0 Å². The highest BCUT2D eigenvalue weighted by molar-refractivity contribution is 7.93. The fourth-order valence-corrected chi connectivity index (χ4v) is 4.41. The summed E-state index contributed by atoms with van der Waals surface area (Å²) in [6, 6.07) is 2.30. The first kappa shape index (κ1) is 21.8. The molecule has 0 bridgehead atoms. The minimum atomic E-state index is -4.10. The van der Waals surface area contributed by atoms with E-state index in [2.05, 4.69) is 20.3 Å². The van der Waals surface area contributed by atoms with Gasteiger partial charge in [0, 0.05) is 30.7 Å². The van der Waals surface area contributed by atoms with Crippen LogP contribution in [0.2, 0.25) is 5.02 Å². The molecule has 11 heteroatoms. The Kier molecular flexibility index (Phi) is 8.24. The molecule has 0 spiro atoms. The average molecular weight is 436 g/mol. The monoisotopic (exact) mass is 435 g/mol. The number of unbranched alkanes of at least 4 members (excludes halogenated alkanes) is 1. The third-order valence-corrected chi connectivity index (χ3v) is 6.01. The van der Waals surface area contributed by atoms with E-state index in [-0.39, 0.29) is 16.2 Å². The van der Waals surface area contributed by atoms with Crippen molar-refractivity contribution < 1.29 is 12.8 Å². The molecule has 1 unspecified atom stereocenters. The Morgan fingerprint density at radius 3 is 2.74 bits per heavy atom. The molecular formula is C16H23ClFN5O2S2. The van der Waals surface area contributed by atoms with Crippen LogP contribution in [-0.2, 0) is 10.0 Å². The molecule has 0 saturated carbocycles. The van der Waals surface area contributed by atoms with Gasteiger partial charge in [0.2, 0.25) is 0 Å². The van der Waals surface area contributed by atoms with Gasteiger partial charge in [-0.25, -0.2) is 17.8 Å². The second kappa shape index (κ2) is 10.2. The molecule has 2 aromatic rings. The lowest BCUT2D eigenvalue weighted by atomic mass is 10.2. The normalized spacial score (nSPS) is 12.7. The van der Waals surface area contributed by atoms with Crippen LogP contribution in [0.4, 0.5) is 15.2 Å². The molecule has 0 aliphatic rings. The van der Waals surface area contributed by atoms with E-state index in [0.29, 0.717) is 12.2 Å². The van der Waals surface area contributed by atoms with E-state index < -0.39 is 20.7 Å². The SMILES string of the molecule is CC(N)CNCCCCNc1cc(F)c(S(=O)(=O)Nc2nccs2)cc1Cl. The van der Waals surface area contributed by atoms with Crippen molar-refractivity contribution >= 4 is 43.8 Å². The number of nitrogens with two attached hydrogens (primary N) is 1. The highest BCUT2D eigenvalue weighted by Crippen LogP contribution is 2.29. The Hall–Kier alpha value is -1.46. The fraction of sp³-hybridized carbons (Fsp3) is 0.438. The third kappa shape index (κ3) is 6.89. The molecule has 1 aromatic heterocycles. The predicted molar refractivity (Wildman–Crippen MR) is 109 cm³/mol. The van der Waals surface area contributed by atoms with Gasteiger partial charge in [-0.05, 0) is 38.4 Å². The number of thiazole rings is 1. The molecule has 0 radical (unpaired) electrons. The Balaban J connectivity index is 1.92. The summed E-state index contributed by atoms with van der Waals surface area (Å²) in [7, 11) is -4.10. The zero-order chi connectivity index (χ0) is 19.9. The van der Waals surface area contributed by atoms with Gasteiger partial charge in [-0.1, -0.05) is 11.6 Å². The molecule has 0 amide bonds. The van der Waals surface area contributed by atoms with Gasteiger partial charge in [-0.2, -0.15) is 0 Å². The Labute approximate surface area is 167 Å². The minimum Gasteiger partial charge on any atom is -0.384 e. The van der Waals surface area contributed by atoms with Crippen LogP contribution in [0.3, 0.4) is 0 Å². The molecule has 1 atom stereocenters. The average Bonchev–Trinajstić information content (AvgIpc) is 3.08. The van der Waals surface area contributed by atoms with E-state index in [1.54, 1.807) is 5.38 Å². The van der Waals surface area contributed by atoms with Gasteiger partial charge in [0.25, 0.3) is 10.0 Å². The quantitative estimate of drug-likeness (QED) is 0.404. The van der Waals surface area contributed by atoms with E-state index in [4.69, 9.17) is 17.3 Å². The Morgan fingerprint density at radius 2 is 2.07 bits per heavy atom. The molecule has 7 nitrogen and oxygen atoms in total. The topological polar surface area (TPSA) is 109 Å². The fourth-order valence-electron chi connectivity index (χ4n) is 2.24. The third-order valence-electron chi connectivity index (χ3n) is 3.53. The smallest absolute Gasteiger partial charge is 0.266 e. The highest BCUT2D eigenvalue weighted by atomic mass is 35.5. The van der Waals surface area contributed by atoms with Gasteiger partial charge in [0.15, 0.2) is 5.13 Å². The molecule has 0 aliphatic carbocycles. The number of rotatable bonds is 11. The Bertz CT molecular complexity index is 832. The standard InChI is InChI=1S/C16H23ClFN5O2S2/c1-11(19)10-20-4-2-3-5-21-14-9-13(18)15(8-12(14)17)27(24,25)23-16-22-6-7-26-16/h6-9,11,20-21H,2-5,10,19H2,1H3,(H,22,23). The van der Waals surface area contributed by atoms with Gasteiger partial charge in [-0.3, -0.25) is 4.72 Å². The van der Waals surface area contributed by atoms with E-state index in [9.17, 15) is 12.8 Å². The molecule has 0 aliphatic heterocycles. The van der Waals surface area contributed by atoms with Crippen molar-refractivity contribution in [2.75, 3.05) is 29.7 Å². The molecule has 1 aromatic carbocycles. The zero-order valence-corrected chi connectivity index (χ0v) is 17.2. The summed E-state index contributed by atoms with van der Waals surface area (Å²) in [6.07, 6.45) is 3.21. The van der Waals surface area contributed by atoms with Crippen molar-refractivity contribution in [2.24, 2.45) is 5.73 Å². The molecule has 5 N–H and O–H groups in total. The molecule has 27 heavy (non-hydrogen) atoms. The maximum absolute atomic E-state index is 14.3. The van der Waals surface area contributed by atoms with Crippen molar-refractivity contribution in [2.45, 2.75) is 30.7 Å². The number of nitrogens with zero attached hydrogens (tertiary/aromatic N) is 1. The zero-order valence-electron chi connectivity index (χ0n) is 14.8. The van der Waals surface area contributed by atoms with Crippen molar-refractivity contribution in [3.8, 4) is 0 Å². The summed E-state index contributed by atoms with van der Waals surface area (Å²) < 4.78 is 41.2. The summed E-state index contributed by atoms with van der Waals surface area (Å²) in [5.41, 5.74) is 6.00. The van der Waals surface area contributed by atoms with E-state index in [1.807, 2.05) is 6.92 Å². The largest absolute Gasteiger partial charge is 0.384 e. The van der Waals surface area contributed by atoms with Crippen LogP contribution in [0.25, 0.3) is 0 Å². The van der Waals surface area contributed by atoms with E-state index in [0.717, 1.165) is 49.4 Å². The van der Waals surface area contributed by atoms with E-state index in [1.165, 1.54) is 6.20 Å². The van der Waals surface area contributed by atoms with Crippen molar-refractivity contribution in [3.63, 3.8) is 0 Å². The van der Waals surface area contributed by atoms with Gasteiger partial charge in [-0.15, -0.1) is 11.3 Å². The maximum atomic E-state index is 14.3. The van der Waals surface area contributed by atoms with Crippen molar-refractivity contribution in [3.05, 3.63) is 34.5 Å². The number of halogens is 2. The summed E-state index contributed by atoms with van der Waals surface area (Å²) in [5, 5.41) is 8.16. The van der Waals surface area contributed by atoms with Crippen molar-refractivity contribution in [1.82, 2.24) is 10.3 Å². The lowest BCUT2D eigenvalue weighted by molar-refractivity contribution is 0.570. The molecule has 0 saturated heterocycles. The van der Waals surface area contributed by atoms with Gasteiger partial charge in [0.1, 0.15) is 10.7 Å². The molecule has 1 heterocycles. The summed E-state index contributed by atoms with van der Waals surface area (Å²) in [6.45, 7) is 4.12. The molecule has 2 rings (SSSR count). The van der Waals surface area contributed by atoms with Crippen LogP contribution < -0.4 is 21.1 Å². The predicted octanol–water partition coefficient (Wildman–Crippen LogP) is 2.87. The first-order valence-electron chi connectivity index (χ1n) is 8.41. The van der Waals surface area contributed by atoms with Crippen LogP contribution in [0.1, 0.15) is 19.8 Å². The number of nitrogens with one attached hydrogen (secondary N) is 3. The second-order valence-electron chi connectivity index (χ2n) is 6.02. The van der Waals surface area contributed by atoms with Crippen LogP contribution in [0.15, 0.2) is 28.6 Å². The first-order valence-corrected chi connectivity index (χ1v) is 11.1. The summed E-state index contributed by atoms with van der Waals surface area (Å²) >= 11 is 7.22. The number of hydrogen-bond donors (Lipinski definition) is 4. The lowest BCUT2D eigenvalue weighted by Gasteiger charge is -2.12. The number of hydrogen-bond acceptors (Lipinski definition) is 7.